The molecule has 0 radical (unpaired) electrons. The summed E-state index contributed by atoms with van der Waals surface area (Å²) in [6.07, 6.45) is 1.60. The molecule has 0 atom stereocenters. The molecule has 0 aliphatic carbocycles. The minimum atomic E-state index is -0.373. The number of nitrogens with zero attached hydrogens (tertiary/aromatic N) is 2. The molecule has 0 N–H and O–H groups in total. The van der Waals surface area contributed by atoms with Crippen molar-refractivity contribution in [2.45, 2.75) is 13.8 Å². The van der Waals surface area contributed by atoms with Crippen LogP contribution in [0, 0.1) is 6.92 Å². The first-order valence-electron chi connectivity index (χ1n) is 5.05. The molecule has 2 aromatic heterocycles. The van der Waals surface area contributed by atoms with Crippen molar-refractivity contribution < 1.29 is 9.53 Å². The molecule has 0 spiro atoms. The van der Waals surface area contributed by atoms with E-state index in [1.165, 1.54) is 0 Å². The van der Waals surface area contributed by atoms with E-state index in [0.29, 0.717) is 27.5 Å². The van der Waals surface area contributed by atoms with E-state index in [1.54, 1.807) is 30.6 Å². The summed E-state index contributed by atoms with van der Waals surface area (Å²) < 4.78 is 7.34. The number of hydrogen-bond acceptors (Lipinski definition) is 3. The zero-order valence-corrected chi connectivity index (χ0v) is 11.7. The van der Waals surface area contributed by atoms with Gasteiger partial charge in [-0.25, -0.2) is 9.78 Å². The molecule has 0 aliphatic heterocycles. The van der Waals surface area contributed by atoms with E-state index in [1.807, 2.05) is 0 Å². The molecule has 2 aromatic rings. The van der Waals surface area contributed by atoms with Gasteiger partial charge in [-0.15, -0.1) is 0 Å². The van der Waals surface area contributed by atoms with Crippen molar-refractivity contribution in [1.82, 2.24) is 9.38 Å². The Hall–Kier alpha value is -1.07. The van der Waals surface area contributed by atoms with Gasteiger partial charge in [-0.05, 0) is 41.4 Å². The molecule has 17 heavy (non-hydrogen) atoms. The second-order valence-corrected chi connectivity index (χ2v) is 4.59. The number of hydrogen-bond donors (Lipinski definition) is 0. The second kappa shape index (κ2) is 4.66. The van der Waals surface area contributed by atoms with Gasteiger partial charge in [0, 0.05) is 0 Å². The summed E-state index contributed by atoms with van der Waals surface area (Å²) in [5.41, 5.74) is 1.89. The van der Waals surface area contributed by atoms with Crippen molar-refractivity contribution in [3.05, 3.63) is 33.3 Å². The number of ether oxygens (including phenoxy) is 1. The Morgan fingerprint density at radius 2 is 2.35 bits per heavy atom. The predicted octanol–water partition coefficient (Wildman–Crippen LogP) is 3.24. The molecular weight excluding hydrogens is 307 g/mol. The van der Waals surface area contributed by atoms with Crippen LogP contribution in [0.3, 0.4) is 0 Å². The standard InChI is InChI=1S/C11H10BrClN2O2/c1-3-17-11(16)7-4-8-9(12)14-5-15(8)10(13)6(7)2/h4-5H,3H2,1-2H3. The third kappa shape index (κ3) is 2.05. The van der Waals surface area contributed by atoms with Gasteiger partial charge in [0.05, 0.1) is 17.7 Å². The molecule has 0 bridgehead atoms. The summed E-state index contributed by atoms with van der Waals surface area (Å²) in [5.74, 6) is -0.373. The number of rotatable bonds is 2. The van der Waals surface area contributed by atoms with Crippen molar-refractivity contribution >= 4 is 39.0 Å². The monoisotopic (exact) mass is 316 g/mol. The molecule has 0 saturated heterocycles. The van der Waals surface area contributed by atoms with Crippen LogP contribution < -0.4 is 0 Å². The quantitative estimate of drug-likeness (QED) is 0.631. The number of imidazole rings is 1. The maximum absolute atomic E-state index is 11.8. The highest BCUT2D eigenvalue weighted by Gasteiger charge is 2.17. The van der Waals surface area contributed by atoms with Gasteiger partial charge in [0.1, 0.15) is 16.1 Å². The fourth-order valence-electron chi connectivity index (χ4n) is 1.58. The van der Waals surface area contributed by atoms with Crippen LogP contribution in [-0.2, 0) is 4.74 Å². The van der Waals surface area contributed by atoms with Crippen LogP contribution >= 0.6 is 27.5 Å². The van der Waals surface area contributed by atoms with Crippen LogP contribution in [0.1, 0.15) is 22.8 Å². The van der Waals surface area contributed by atoms with Crippen LogP contribution in [0.15, 0.2) is 17.0 Å². The topological polar surface area (TPSA) is 43.6 Å². The van der Waals surface area contributed by atoms with Gasteiger partial charge in [-0.1, -0.05) is 11.6 Å². The minimum Gasteiger partial charge on any atom is -0.462 e. The van der Waals surface area contributed by atoms with Gasteiger partial charge >= 0.3 is 5.97 Å². The molecular formula is C11H10BrClN2O2. The fourth-order valence-corrected chi connectivity index (χ4v) is 2.21. The predicted molar refractivity (Wildman–Crippen MR) is 68.6 cm³/mol. The van der Waals surface area contributed by atoms with Crippen LogP contribution in [-0.4, -0.2) is 22.0 Å². The van der Waals surface area contributed by atoms with Crippen LogP contribution in [0.4, 0.5) is 0 Å². The van der Waals surface area contributed by atoms with Crippen molar-refractivity contribution in [1.29, 1.82) is 0 Å². The lowest BCUT2D eigenvalue weighted by Crippen LogP contribution is -2.08. The highest BCUT2D eigenvalue weighted by molar-refractivity contribution is 9.10. The molecule has 0 aliphatic rings. The van der Waals surface area contributed by atoms with E-state index in [2.05, 4.69) is 20.9 Å². The van der Waals surface area contributed by atoms with E-state index < -0.39 is 0 Å². The molecule has 0 amide bonds. The van der Waals surface area contributed by atoms with E-state index in [-0.39, 0.29) is 5.97 Å². The highest BCUT2D eigenvalue weighted by atomic mass is 79.9. The number of pyridine rings is 1. The molecule has 6 heteroatoms. The number of aromatic nitrogens is 2. The Kier molecular flexibility index (Phi) is 3.40. The van der Waals surface area contributed by atoms with Gasteiger partial charge < -0.3 is 4.74 Å². The molecule has 0 aromatic carbocycles. The molecule has 2 heterocycles. The second-order valence-electron chi connectivity index (χ2n) is 3.48. The number of carbonyl (C=O) groups excluding carboxylic acids is 1. The highest BCUT2D eigenvalue weighted by Crippen LogP contribution is 2.26. The third-order valence-corrected chi connectivity index (χ3v) is 3.54. The first kappa shape index (κ1) is 12.4. The Balaban J connectivity index is 2.68. The number of fused-ring (bicyclic) bond motifs is 1. The summed E-state index contributed by atoms with van der Waals surface area (Å²) in [7, 11) is 0. The van der Waals surface area contributed by atoms with Gasteiger partial charge in [-0.2, -0.15) is 0 Å². The zero-order valence-electron chi connectivity index (χ0n) is 9.33. The summed E-state index contributed by atoms with van der Waals surface area (Å²) in [5, 5.41) is 0.462. The molecule has 4 nitrogen and oxygen atoms in total. The molecule has 0 saturated carbocycles. The molecule has 0 unspecified atom stereocenters. The minimum absolute atomic E-state index is 0.335. The Bertz CT molecular complexity index is 595. The van der Waals surface area contributed by atoms with Crippen molar-refractivity contribution in [3.63, 3.8) is 0 Å². The van der Waals surface area contributed by atoms with Crippen molar-refractivity contribution in [3.8, 4) is 0 Å². The van der Waals surface area contributed by atoms with Crippen molar-refractivity contribution in [2.24, 2.45) is 0 Å². The SMILES string of the molecule is CCOC(=O)c1cc2c(Br)ncn2c(Cl)c1C. The Morgan fingerprint density at radius 1 is 1.65 bits per heavy atom. The number of carbonyl (C=O) groups is 1. The third-order valence-electron chi connectivity index (χ3n) is 2.46. The van der Waals surface area contributed by atoms with Gasteiger partial charge in [0.25, 0.3) is 0 Å². The Labute approximate surface area is 112 Å². The van der Waals surface area contributed by atoms with Gasteiger partial charge in [-0.3, -0.25) is 4.40 Å². The van der Waals surface area contributed by atoms with Crippen molar-refractivity contribution in [2.75, 3.05) is 6.61 Å². The lowest BCUT2D eigenvalue weighted by Gasteiger charge is -2.09. The van der Waals surface area contributed by atoms with E-state index in [4.69, 9.17) is 16.3 Å². The average Bonchev–Trinajstić information content (AvgIpc) is 2.66. The lowest BCUT2D eigenvalue weighted by atomic mass is 10.1. The lowest BCUT2D eigenvalue weighted by molar-refractivity contribution is 0.0525. The van der Waals surface area contributed by atoms with Crippen LogP contribution in [0.5, 0.6) is 0 Å². The van der Waals surface area contributed by atoms with Gasteiger partial charge in [0.15, 0.2) is 0 Å². The molecule has 0 fully saturated rings. The summed E-state index contributed by atoms with van der Waals surface area (Å²) in [6, 6.07) is 1.72. The maximum Gasteiger partial charge on any atom is 0.338 e. The largest absolute Gasteiger partial charge is 0.462 e. The fraction of sp³-hybridized carbons (Fsp3) is 0.273. The normalized spacial score (nSPS) is 10.8. The van der Waals surface area contributed by atoms with Crippen LogP contribution in [0.25, 0.3) is 5.52 Å². The molecule has 2 rings (SSSR count). The number of halogens is 2. The van der Waals surface area contributed by atoms with E-state index >= 15 is 0 Å². The smallest absolute Gasteiger partial charge is 0.338 e. The first-order chi connectivity index (χ1) is 8.06. The van der Waals surface area contributed by atoms with E-state index in [9.17, 15) is 4.79 Å². The van der Waals surface area contributed by atoms with Crippen LogP contribution in [0.2, 0.25) is 5.15 Å². The average molecular weight is 318 g/mol. The summed E-state index contributed by atoms with van der Waals surface area (Å²) in [4.78, 5) is 15.9. The zero-order chi connectivity index (χ0) is 12.6. The van der Waals surface area contributed by atoms with E-state index in [0.717, 1.165) is 5.52 Å². The summed E-state index contributed by atoms with van der Waals surface area (Å²) in [6.45, 7) is 3.88. The number of esters is 1. The maximum atomic E-state index is 11.8. The Morgan fingerprint density at radius 3 is 3.00 bits per heavy atom. The summed E-state index contributed by atoms with van der Waals surface area (Å²) >= 11 is 9.49. The first-order valence-corrected chi connectivity index (χ1v) is 6.22. The molecule has 90 valence electrons. The van der Waals surface area contributed by atoms with Gasteiger partial charge in [0.2, 0.25) is 0 Å².